The Morgan fingerprint density at radius 1 is 0.900 bits per heavy atom. The van der Waals surface area contributed by atoms with E-state index >= 15 is 0 Å². The molecule has 2 nitrogen and oxygen atoms in total. The highest BCUT2D eigenvalue weighted by atomic mass is 79.9. The first-order chi connectivity index (χ1) is 9.27. The molecule has 0 fully saturated rings. The summed E-state index contributed by atoms with van der Waals surface area (Å²) < 4.78 is 39.3. The smallest absolute Gasteiger partial charge is 0.399 e. The topological polar surface area (TPSA) is 38.0 Å². The zero-order valence-electron chi connectivity index (χ0n) is 9.93. The lowest BCUT2D eigenvalue weighted by atomic mass is 10.2. The number of nitrogens with one attached hydrogen (secondary N) is 1. The molecule has 0 aliphatic rings. The fourth-order valence-corrected chi connectivity index (χ4v) is 2.42. The standard InChI is InChI=1S/C13H9Br2F3N2/c14-9-3-1-7(13(16,17)18)5-12(9)20-11-4-2-8(19)6-10(11)15/h1-6,20H,19H2. The zero-order chi connectivity index (χ0) is 14.9. The lowest BCUT2D eigenvalue weighted by molar-refractivity contribution is -0.137. The molecule has 0 heterocycles. The summed E-state index contributed by atoms with van der Waals surface area (Å²) >= 11 is 6.53. The number of nitrogen functional groups attached to an aromatic ring is 1. The van der Waals surface area contributed by atoms with Gasteiger partial charge in [-0.3, -0.25) is 0 Å². The Balaban J connectivity index is 2.38. The van der Waals surface area contributed by atoms with E-state index in [0.717, 1.165) is 12.1 Å². The SMILES string of the molecule is Nc1ccc(Nc2cc(C(F)(F)F)ccc2Br)c(Br)c1. The molecule has 0 saturated carbocycles. The molecule has 0 unspecified atom stereocenters. The molecule has 0 saturated heterocycles. The maximum Gasteiger partial charge on any atom is 0.416 e. The molecule has 0 atom stereocenters. The lowest BCUT2D eigenvalue weighted by Gasteiger charge is -2.14. The summed E-state index contributed by atoms with van der Waals surface area (Å²) in [6.07, 6.45) is -4.38. The summed E-state index contributed by atoms with van der Waals surface area (Å²) in [6, 6.07) is 8.45. The van der Waals surface area contributed by atoms with Gasteiger partial charge >= 0.3 is 6.18 Å². The van der Waals surface area contributed by atoms with Crippen molar-refractivity contribution in [2.45, 2.75) is 6.18 Å². The van der Waals surface area contributed by atoms with Crippen molar-refractivity contribution in [1.82, 2.24) is 0 Å². The molecule has 106 valence electrons. The number of anilines is 3. The van der Waals surface area contributed by atoms with Crippen molar-refractivity contribution in [2.24, 2.45) is 0 Å². The van der Waals surface area contributed by atoms with Gasteiger partial charge in [-0.15, -0.1) is 0 Å². The fourth-order valence-electron chi connectivity index (χ4n) is 1.58. The van der Waals surface area contributed by atoms with Crippen LogP contribution in [0.5, 0.6) is 0 Å². The fraction of sp³-hybridized carbons (Fsp3) is 0.0769. The van der Waals surface area contributed by atoms with Gasteiger partial charge in [0.05, 0.1) is 16.9 Å². The first kappa shape index (κ1) is 15.2. The largest absolute Gasteiger partial charge is 0.416 e. The van der Waals surface area contributed by atoms with Crippen molar-refractivity contribution in [3.05, 3.63) is 50.9 Å². The van der Waals surface area contributed by atoms with Crippen LogP contribution in [-0.4, -0.2) is 0 Å². The molecule has 0 aliphatic carbocycles. The summed E-state index contributed by atoms with van der Waals surface area (Å²) in [5.41, 5.74) is 6.41. The molecule has 7 heteroatoms. The first-order valence-electron chi connectivity index (χ1n) is 5.46. The number of alkyl halides is 3. The minimum Gasteiger partial charge on any atom is -0.399 e. The highest BCUT2D eigenvalue weighted by Gasteiger charge is 2.30. The van der Waals surface area contributed by atoms with Crippen molar-refractivity contribution >= 4 is 48.9 Å². The van der Waals surface area contributed by atoms with Crippen LogP contribution in [0.4, 0.5) is 30.2 Å². The molecule has 0 aromatic heterocycles. The van der Waals surface area contributed by atoms with Crippen LogP contribution in [0, 0.1) is 0 Å². The number of hydrogen-bond acceptors (Lipinski definition) is 2. The predicted molar refractivity (Wildman–Crippen MR) is 81.0 cm³/mol. The second-order valence-electron chi connectivity index (χ2n) is 4.06. The maximum absolute atomic E-state index is 12.7. The van der Waals surface area contributed by atoms with Crippen LogP contribution in [0.2, 0.25) is 0 Å². The van der Waals surface area contributed by atoms with E-state index in [1.165, 1.54) is 6.07 Å². The van der Waals surface area contributed by atoms with Gasteiger partial charge < -0.3 is 11.1 Å². The Bertz CT molecular complexity index is 642. The van der Waals surface area contributed by atoms with E-state index in [9.17, 15) is 13.2 Å². The summed E-state index contributed by atoms with van der Waals surface area (Å²) in [7, 11) is 0. The Morgan fingerprint density at radius 2 is 1.60 bits per heavy atom. The van der Waals surface area contributed by atoms with E-state index in [0.29, 0.717) is 26.0 Å². The van der Waals surface area contributed by atoms with Gasteiger partial charge in [0, 0.05) is 14.6 Å². The lowest BCUT2D eigenvalue weighted by Crippen LogP contribution is -2.05. The van der Waals surface area contributed by atoms with Crippen LogP contribution >= 0.6 is 31.9 Å². The van der Waals surface area contributed by atoms with E-state index in [1.807, 2.05) is 0 Å². The second kappa shape index (κ2) is 5.65. The van der Waals surface area contributed by atoms with E-state index in [4.69, 9.17) is 5.73 Å². The van der Waals surface area contributed by atoms with Crippen molar-refractivity contribution in [3.8, 4) is 0 Å². The number of hydrogen-bond donors (Lipinski definition) is 2. The predicted octanol–water partition coefficient (Wildman–Crippen LogP) is 5.56. The molecule has 2 aromatic rings. The van der Waals surface area contributed by atoms with Gasteiger partial charge in [-0.1, -0.05) is 0 Å². The minimum atomic E-state index is -4.38. The summed E-state index contributed by atoms with van der Waals surface area (Å²) in [5, 5.41) is 2.93. The van der Waals surface area contributed by atoms with E-state index in [1.54, 1.807) is 18.2 Å². The van der Waals surface area contributed by atoms with Gasteiger partial charge in [-0.2, -0.15) is 13.2 Å². The van der Waals surface area contributed by atoms with Crippen molar-refractivity contribution in [1.29, 1.82) is 0 Å². The number of rotatable bonds is 2. The Labute approximate surface area is 130 Å². The zero-order valence-corrected chi connectivity index (χ0v) is 13.1. The van der Waals surface area contributed by atoms with Crippen molar-refractivity contribution < 1.29 is 13.2 Å². The molecule has 0 spiro atoms. The van der Waals surface area contributed by atoms with Gasteiger partial charge in [-0.25, -0.2) is 0 Å². The molecule has 20 heavy (non-hydrogen) atoms. The molecule has 2 aromatic carbocycles. The number of nitrogens with two attached hydrogens (primary N) is 1. The van der Waals surface area contributed by atoms with Crippen LogP contribution < -0.4 is 11.1 Å². The van der Waals surface area contributed by atoms with Crippen molar-refractivity contribution in [2.75, 3.05) is 11.1 Å². The van der Waals surface area contributed by atoms with Crippen LogP contribution in [0.3, 0.4) is 0 Å². The average Bonchev–Trinajstić information content (AvgIpc) is 2.33. The van der Waals surface area contributed by atoms with Crippen LogP contribution in [0.25, 0.3) is 0 Å². The molecule has 0 bridgehead atoms. The Hall–Kier alpha value is -1.21. The molecular formula is C13H9Br2F3N2. The average molecular weight is 410 g/mol. The van der Waals surface area contributed by atoms with Crippen LogP contribution in [-0.2, 0) is 6.18 Å². The second-order valence-corrected chi connectivity index (χ2v) is 5.77. The quantitative estimate of drug-likeness (QED) is 0.637. The first-order valence-corrected chi connectivity index (χ1v) is 7.05. The summed E-state index contributed by atoms with van der Waals surface area (Å²) in [4.78, 5) is 0. The van der Waals surface area contributed by atoms with Crippen molar-refractivity contribution in [3.63, 3.8) is 0 Å². The van der Waals surface area contributed by atoms with Crippen LogP contribution in [0.15, 0.2) is 45.3 Å². The van der Waals surface area contributed by atoms with Gasteiger partial charge in [0.1, 0.15) is 0 Å². The van der Waals surface area contributed by atoms with Crippen LogP contribution in [0.1, 0.15) is 5.56 Å². The number of benzene rings is 2. The highest BCUT2D eigenvalue weighted by Crippen LogP contribution is 2.36. The van der Waals surface area contributed by atoms with E-state index in [2.05, 4.69) is 37.2 Å². The molecule has 0 amide bonds. The third kappa shape index (κ3) is 3.46. The molecule has 3 N–H and O–H groups in total. The van der Waals surface area contributed by atoms with E-state index < -0.39 is 11.7 Å². The van der Waals surface area contributed by atoms with E-state index in [-0.39, 0.29) is 0 Å². The molecule has 0 radical (unpaired) electrons. The van der Waals surface area contributed by atoms with Gasteiger partial charge in [0.25, 0.3) is 0 Å². The van der Waals surface area contributed by atoms with Gasteiger partial charge in [0.15, 0.2) is 0 Å². The maximum atomic E-state index is 12.7. The third-order valence-electron chi connectivity index (χ3n) is 2.56. The number of halogens is 5. The molecule has 2 rings (SSSR count). The van der Waals surface area contributed by atoms with Gasteiger partial charge in [0.2, 0.25) is 0 Å². The summed E-state index contributed by atoms with van der Waals surface area (Å²) in [6.45, 7) is 0. The van der Waals surface area contributed by atoms with Gasteiger partial charge in [-0.05, 0) is 68.3 Å². The molecule has 0 aliphatic heterocycles. The monoisotopic (exact) mass is 408 g/mol. The minimum absolute atomic E-state index is 0.324. The highest BCUT2D eigenvalue weighted by molar-refractivity contribution is 9.11. The normalized spacial score (nSPS) is 11.4. The molecular weight excluding hydrogens is 401 g/mol. The third-order valence-corrected chi connectivity index (χ3v) is 3.90. The Morgan fingerprint density at radius 3 is 2.20 bits per heavy atom. The Kier molecular flexibility index (Phi) is 4.29. The summed E-state index contributed by atoms with van der Waals surface area (Å²) in [5.74, 6) is 0.